The maximum absolute atomic E-state index is 12.9. The number of aliphatic hydroxyl groups is 1. The number of carbonyl (C=O) groups is 1. The summed E-state index contributed by atoms with van der Waals surface area (Å²) in [5.41, 5.74) is -0.954. The number of rotatable bonds is 12. The van der Waals surface area contributed by atoms with Crippen LogP contribution in [-0.4, -0.2) is 57.3 Å². The largest absolute Gasteiger partial charge is 0.444 e. The zero-order chi connectivity index (χ0) is 31.0. The maximum Gasteiger partial charge on any atom is 0.407 e. The van der Waals surface area contributed by atoms with Crippen LogP contribution in [-0.2, 0) is 32.2 Å². The number of aryl methyl sites for hydroxylation is 1. The number of aromatic amines is 1. The fraction of sp³-hybridized carbons (Fsp3) is 0.469. The molecule has 3 aromatic rings. The number of ether oxygens (including phenoxy) is 4. The Morgan fingerprint density at radius 2 is 1.67 bits per heavy atom. The molecule has 43 heavy (non-hydrogen) atoms. The number of aliphatic hydroxyl groups excluding tert-OH is 1. The highest BCUT2D eigenvalue weighted by Gasteiger charge is 2.56. The van der Waals surface area contributed by atoms with E-state index in [9.17, 15) is 19.5 Å². The highest BCUT2D eigenvalue weighted by molar-refractivity contribution is 5.67. The Balaban J connectivity index is 1.62. The average Bonchev–Trinajstić information content (AvgIpc) is 3.23. The fourth-order valence-electron chi connectivity index (χ4n) is 5.04. The minimum absolute atomic E-state index is 0.0262. The molecule has 11 heteroatoms. The summed E-state index contributed by atoms with van der Waals surface area (Å²) in [6, 6.07) is 19.1. The zero-order valence-electron chi connectivity index (χ0n) is 25.1. The third-order valence-corrected chi connectivity index (χ3v) is 7.07. The van der Waals surface area contributed by atoms with Crippen molar-refractivity contribution in [2.75, 3.05) is 13.2 Å². The molecular weight excluding hydrogens is 554 g/mol. The van der Waals surface area contributed by atoms with Gasteiger partial charge in [-0.3, -0.25) is 14.3 Å². The summed E-state index contributed by atoms with van der Waals surface area (Å²) in [4.78, 5) is 39.5. The van der Waals surface area contributed by atoms with Crippen LogP contribution in [0.15, 0.2) is 76.4 Å². The Morgan fingerprint density at radius 1 is 1.05 bits per heavy atom. The SMILES string of the molecule is Cc1cn([C@@H]2O[C@](CCCNC(=O)OC(C)(C)C)(COCc3ccccc3)[C@@H](OCc3ccccc3)[C@@H]2O)c(=O)[nH]c1=O. The van der Waals surface area contributed by atoms with Crippen LogP contribution in [0.3, 0.4) is 0 Å². The van der Waals surface area contributed by atoms with E-state index in [0.29, 0.717) is 12.8 Å². The van der Waals surface area contributed by atoms with Gasteiger partial charge in [-0.25, -0.2) is 9.59 Å². The van der Waals surface area contributed by atoms with E-state index in [2.05, 4.69) is 10.3 Å². The quantitative estimate of drug-likeness (QED) is 0.270. The van der Waals surface area contributed by atoms with Gasteiger partial charge in [-0.15, -0.1) is 0 Å². The predicted octanol–water partition coefficient (Wildman–Crippen LogP) is 3.58. The van der Waals surface area contributed by atoms with Crippen molar-refractivity contribution in [1.82, 2.24) is 14.9 Å². The van der Waals surface area contributed by atoms with Crippen LogP contribution in [0.5, 0.6) is 0 Å². The molecule has 0 unspecified atom stereocenters. The maximum atomic E-state index is 12.9. The van der Waals surface area contributed by atoms with Crippen LogP contribution in [0.2, 0.25) is 0 Å². The smallest absolute Gasteiger partial charge is 0.407 e. The van der Waals surface area contributed by atoms with Gasteiger partial charge < -0.3 is 29.4 Å². The number of hydrogen-bond donors (Lipinski definition) is 3. The minimum atomic E-state index is -1.29. The molecule has 4 atom stereocenters. The van der Waals surface area contributed by atoms with Crippen molar-refractivity contribution >= 4 is 6.09 Å². The molecule has 3 N–H and O–H groups in total. The normalized spacial score (nSPS) is 21.9. The summed E-state index contributed by atoms with van der Waals surface area (Å²) in [6.45, 7) is 7.68. The van der Waals surface area contributed by atoms with E-state index < -0.39 is 47.0 Å². The molecule has 232 valence electrons. The van der Waals surface area contributed by atoms with E-state index in [1.54, 1.807) is 27.7 Å². The van der Waals surface area contributed by atoms with Crippen molar-refractivity contribution in [3.63, 3.8) is 0 Å². The summed E-state index contributed by atoms with van der Waals surface area (Å²) >= 11 is 0. The summed E-state index contributed by atoms with van der Waals surface area (Å²) in [7, 11) is 0. The number of amides is 1. The lowest BCUT2D eigenvalue weighted by Gasteiger charge is -2.34. The van der Waals surface area contributed by atoms with E-state index in [0.717, 1.165) is 11.1 Å². The summed E-state index contributed by atoms with van der Waals surface area (Å²) in [5.74, 6) is 0. The molecule has 2 aromatic carbocycles. The molecule has 0 spiro atoms. The van der Waals surface area contributed by atoms with E-state index in [1.807, 2.05) is 60.7 Å². The first-order valence-corrected chi connectivity index (χ1v) is 14.4. The number of H-pyrrole nitrogens is 1. The van der Waals surface area contributed by atoms with Crippen molar-refractivity contribution in [2.45, 2.75) is 83.4 Å². The number of alkyl carbamates (subject to hydrolysis) is 1. The van der Waals surface area contributed by atoms with Crippen LogP contribution >= 0.6 is 0 Å². The second-order valence-corrected chi connectivity index (χ2v) is 11.8. The first-order chi connectivity index (χ1) is 20.5. The van der Waals surface area contributed by atoms with Gasteiger partial charge in [-0.2, -0.15) is 0 Å². The molecule has 11 nitrogen and oxygen atoms in total. The molecule has 2 heterocycles. The van der Waals surface area contributed by atoms with E-state index in [1.165, 1.54) is 10.8 Å². The minimum Gasteiger partial charge on any atom is -0.444 e. The third-order valence-electron chi connectivity index (χ3n) is 7.07. The molecule has 0 aliphatic carbocycles. The highest BCUT2D eigenvalue weighted by atomic mass is 16.6. The van der Waals surface area contributed by atoms with Gasteiger partial charge in [0, 0.05) is 18.3 Å². The van der Waals surface area contributed by atoms with Gasteiger partial charge in [0.05, 0.1) is 19.8 Å². The Bertz CT molecular complexity index is 1450. The molecule has 0 saturated carbocycles. The zero-order valence-corrected chi connectivity index (χ0v) is 25.1. The summed E-state index contributed by atoms with van der Waals surface area (Å²) in [5, 5.41) is 14.4. The van der Waals surface area contributed by atoms with Gasteiger partial charge in [0.2, 0.25) is 0 Å². The lowest BCUT2D eigenvalue weighted by Crippen LogP contribution is -2.49. The number of carbonyl (C=O) groups excluding carboxylic acids is 1. The van der Waals surface area contributed by atoms with Gasteiger partial charge in [0.25, 0.3) is 5.56 Å². The number of benzene rings is 2. The highest BCUT2D eigenvalue weighted by Crippen LogP contribution is 2.42. The fourth-order valence-corrected chi connectivity index (χ4v) is 5.04. The standard InChI is InChI=1S/C32H41N3O8/c1-22-18-35(29(38)34-27(22)37)28-25(36)26(41-20-24-14-9-6-10-15-24)32(42-28,21-40-19-23-12-7-5-8-13-23)16-11-17-33-30(39)43-31(2,3)4/h5-10,12-15,18,25-26,28,36H,11,16-17,19-21H2,1-4H3,(H,33,39)(H,34,37,38)/t25-,26-,28+,32+/m0/s1. The van der Waals surface area contributed by atoms with Crippen molar-refractivity contribution in [3.05, 3.63) is 104 Å². The number of nitrogens with zero attached hydrogens (tertiary/aromatic N) is 1. The topological polar surface area (TPSA) is 141 Å². The Morgan fingerprint density at radius 3 is 2.30 bits per heavy atom. The predicted molar refractivity (Wildman–Crippen MR) is 160 cm³/mol. The lowest BCUT2D eigenvalue weighted by molar-refractivity contribution is -0.161. The second kappa shape index (κ2) is 14.1. The van der Waals surface area contributed by atoms with E-state index in [4.69, 9.17) is 18.9 Å². The number of nitrogens with one attached hydrogen (secondary N) is 2. The molecule has 1 fully saturated rings. The van der Waals surface area contributed by atoms with Crippen LogP contribution in [0.25, 0.3) is 0 Å². The van der Waals surface area contributed by atoms with Crippen LogP contribution < -0.4 is 16.6 Å². The number of aromatic nitrogens is 2. The molecule has 0 bridgehead atoms. The van der Waals surface area contributed by atoms with Gasteiger partial charge in [-0.05, 0) is 51.7 Å². The number of hydrogen-bond acceptors (Lipinski definition) is 8. The van der Waals surface area contributed by atoms with Gasteiger partial charge in [-0.1, -0.05) is 60.7 Å². The van der Waals surface area contributed by atoms with Gasteiger partial charge >= 0.3 is 11.8 Å². The van der Waals surface area contributed by atoms with E-state index in [-0.39, 0.29) is 31.9 Å². The monoisotopic (exact) mass is 595 g/mol. The van der Waals surface area contributed by atoms with Crippen LogP contribution in [0.1, 0.15) is 56.5 Å². The van der Waals surface area contributed by atoms with E-state index >= 15 is 0 Å². The lowest BCUT2D eigenvalue weighted by atomic mass is 9.90. The Labute approximate surface area is 250 Å². The first kappa shape index (κ1) is 32.2. The van der Waals surface area contributed by atoms with Crippen molar-refractivity contribution in [1.29, 1.82) is 0 Å². The molecule has 0 radical (unpaired) electrons. The molecule has 1 saturated heterocycles. The molecule has 1 aliphatic rings. The third kappa shape index (κ3) is 8.64. The Kier molecular flexibility index (Phi) is 10.6. The first-order valence-electron chi connectivity index (χ1n) is 14.4. The summed E-state index contributed by atoms with van der Waals surface area (Å²) < 4.78 is 25.6. The van der Waals surface area contributed by atoms with Gasteiger partial charge in [0.1, 0.15) is 23.4 Å². The molecule has 1 aromatic heterocycles. The van der Waals surface area contributed by atoms with Crippen LogP contribution in [0.4, 0.5) is 4.79 Å². The Hall–Kier alpha value is -3.77. The van der Waals surface area contributed by atoms with Gasteiger partial charge in [0.15, 0.2) is 6.23 Å². The molecule has 4 rings (SSSR count). The van der Waals surface area contributed by atoms with Crippen LogP contribution in [0, 0.1) is 6.92 Å². The van der Waals surface area contributed by atoms with Crippen molar-refractivity contribution < 1.29 is 28.8 Å². The summed E-state index contributed by atoms with van der Waals surface area (Å²) in [6.07, 6.45) is -1.81. The molecule has 1 aliphatic heterocycles. The average molecular weight is 596 g/mol. The molecule has 1 amide bonds. The van der Waals surface area contributed by atoms with Crippen molar-refractivity contribution in [2.24, 2.45) is 0 Å². The molecular formula is C32H41N3O8. The van der Waals surface area contributed by atoms with Crippen molar-refractivity contribution in [3.8, 4) is 0 Å². The second-order valence-electron chi connectivity index (χ2n) is 11.8.